The Bertz CT molecular complexity index is 1310. The number of carbonyl (C=O) groups excluding carboxylic acids is 3. The van der Waals surface area contributed by atoms with E-state index in [1.165, 1.54) is 14.2 Å². The van der Waals surface area contributed by atoms with Crippen LogP contribution in [0.5, 0.6) is 23.0 Å². The number of ether oxygens (including phenoxy) is 6. The molecule has 0 amide bonds. The molecule has 11 heteroatoms. The van der Waals surface area contributed by atoms with Crippen molar-refractivity contribution in [2.45, 2.75) is 59.2 Å². The van der Waals surface area contributed by atoms with Crippen LogP contribution in [0, 0.1) is 0 Å². The summed E-state index contributed by atoms with van der Waals surface area (Å²) >= 11 is 7.11. The van der Waals surface area contributed by atoms with Crippen LogP contribution < -0.4 is 18.9 Å². The van der Waals surface area contributed by atoms with Gasteiger partial charge in [-0.1, -0.05) is 31.9 Å². The molecule has 0 aliphatic heterocycles. The molecule has 0 spiro atoms. The molecular formula is C32H36Br2O9. The van der Waals surface area contributed by atoms with E-state index in [1.54, 1.807) is 52.0 Å². The molecular weight excluding hydrogens is 688 g/mol. The average molecular weight is 724 g/mol. The maximum absolute atomic E-state index is 13.5. The van der Waals surface area contributed by atoms with Crippen molar-refractivity contribution in [3.05, 3.63) is 55.5 Å². The molecule has 0 radical (unpaired) electrons. The maximum atomic E-state index is 13.5. The first-order valence-corrected chi connectivity index (χ1v) is 15.4. The lowest BCUT2D eigenvalue weighted by Crippen LogP contribution is -2.19. The smallest absolute Gasteiger partial charge is 0.344 e. The van der Waals surface area contributed by atoms with E-state index in [0.717, 1.165) is 17.5 Å². The van der Waals surface area contributed by atoms with E-state index >= 15 is 0 Å². The zero-order chi connectivity index (χ0) is 31.7. The van der Waals surface area contributed by atoms with Crippen LogP contribution in [0.2, 0.25) is 0 Å². The summed E-state index contributed by atoms with van der Waals surface area (Å²) < 4.78 is 33.8. The SMILES string of the molecule is COc1cc(/C=C2\CCC/C(=C\c3cc(OC)c(OCC(=O)OC(C)C)cc3Br)C2=O)c(Br)cc1OCC(=O)OC(C)C. The Morgan fingerprint density at radius 3 is 1.47 bits per heavy atom. The standard InChI is InChI=1S/C32H36Br2O9/c1-18(2)42-30(35)16-40-28-14-24(33)22(12-26(28)38-5)10-20-8-7-9-21(32(20)37)11-23-13-27(39-6)29(15-25(23)34)41-17-31(36)43-19(3)4/h10-15,18-19H,7-9,16-17H2,1-6H3/b20-10+,21-11+. The van der Waals surface area contributed by atoms with E-state index in [2.05, 4.69) is 31.9 Å². The van der Waals surface area contributed by atoms with Crippen LogP contribution in [-0.4, -0.2) is 57.4 Å². The summed E-state index contributed by atoms with van der Waals surface area (Å²) in [6.07, 6.45) is 5.22. The predicted octanol–water partition coefficient (Wildman–Crippen LogP) is 7.11. The van der Waals surface area contributed by atoms with Gasteiger partial charge >= 0.3 is 11.9 Å². The van der Waals surface area contributed by atoms with Crippen molar-refractivity contribution in [2.24, 2.45) is 0 Å². The Hall–Kier alpha value is -3.31. The first kappa shape index (κ1) is 34.2. The second-order valence-corrected chi connectivity index (χ2v) is 11.9. The van der Waals surface area contributed by atoms with Gasteiger partial charge in [0.15, 0.2) is 42.0 Å². The number of hydrogen-bond donors (Lipinski definition) is 0. The minimum absolute atomic E-state index is 0.0588. The number of hydrogen-bond acceptors (Lipinski definition) is 9. The number of methoxy groups -OCH3 is 2. The molecule has 0 bridgehead atoms. The lowest BCUT2D eigenvalue weighted by Gasteiger charge is -2.18. The fourth-order valence-corrected chi connectivity index (χ4v) is 5.16. The number of allylic oxidation sites excluding steroid dienone is 2. The lowest BCUT2D eigenvalue weighted by atomic mass is 9.87. The van der Waals surface area contributed by atoms with Gasteiger partial charge in [-0.3, -0.25) is 4.79 Å². The van der Waals surface area contributed by atoms with Crippen LogP contribution >= 0.6 is 31.9 Å². The molecule has 0 N–H and O–H groups in total. The second-order valence-electron chi connectivity index (χ2n) is 10.2. The zero-order valence-corrected chi connectivity index (χ0v) is 28.3. The number of carbonyl (C=O) groups is 3. The number of halogens is 2. The molecule has 2 aromatic rings. The highest BCUT2D eigenvalue weighted by atomic mass is 79.9. The van der Waals surface area contributed by atoms with Crippen LogP contribution in [0.4, 0.5) is 0 Å². The van der Waals surface area contributed by atoms with E-state index in [0.29, 0.717) is 55.9 Å². The van der Waals surface area contributed by atoms with Crippen molar-refractivity contribution in [3.8, 4) is 23.0 Å². The fraction of sp³-hybridized carbons (Fsp3) is 0.406. The molecule has 3 rings (SSSR count). The number of ketones is 1. The van der Waals surface area contributed by atoms with Gasteiger partial charge in [0.2, 0.25) is 0 Å². The third-order valence-electron chi connectivity index (χ3n) is 6.13. The summed E-state index contributed by atoms with van der Waals surface area (Å²) in [4.78, 5) is 37.4. The lowest BCUT2D eigenvalue weighted by molar-refractivity contribution is -0.150. The molecule has 1 aliphatic carbocycles. The van der Waals surface area contributed by atoms with Crippen LogP contribution in [0.3, 0.4) is 0 Å². The van der Waals surface area contributed by atoms with Crippen LogP contribution in [0.1, 0.15) is 58.1 Å². The maximum Gasteiger partial charge on any atom is 0.344 e. The quantitative estimate of drug-likeness (QED) is 0.167. The van der Waals surface area contributed by atoms with Crippen molar-refractivity contribution >= 4 is 61.7 Å². The van der Waals surface area contributed by atoms with E-state index in [4.69, 9.17) is 28.4 Å². The predicted molar refractivity (Wildman–Crippen MR) is 170 cm³/mol. The zero-order valence-electron chi connectivity index (χ0n) is 25.1. The molecule has 1 saturated carbocycles. The van der Waals surface area contributed by atoms with Gasteiger partial charge in [0.25, 0.3) is 0 Å². The fourth-order valence-electron chi connectivity index (χ4n) is 4.29. The normalized spacial score (nSPS) is 15.2. The highest BCUT2D eigenvalue weighted by Gasteiger charge is 2.23. The van der Waals surface area contributed by atoms with Gasteiger partial charge < -0.3 is 28.4 Å². The molecule has 1 aliphatic rings. The molecule has 0 atom stereocenters. The first-order chi connectivity index (χ1) is 20.4. The summed E-state index contributed by atoms with van der Waals surface area (Å²) in [5.41, 5.74) is 2.78. The van der Waals surface area contributed by atoms with Gasteiger partial charge in [0.1, 0.15) is 0 Å². The monoisotopic (exact) mass is 722 g/mol. The van der Waals surface area contributed by atoms with E-state index in [-0.39, 0.29) is 31.2 Å². The van der Waals surface area contributed by atoms with E-state index in [1.807, 2.05) is 12.2 Å². The number of Topliss-reactive ketones (excluding diaryl/α,β-unsaturated/α-hetero) is 1. The Labute approximate surface area is 268 Å². The first-order valence-electron chi connectivity index (χ1n) is 13.8. The van der Waals surface area contributed by atoms with Crippen molar-refractivity contribution in [1.29, 1.82) is 0 Å². The average Bonchev–Trinajstić information content (AvgIpc) is 2.94. The Morgan fingerprint density at radius 2 is 1.12 bits per heavy atom. The second kappa shape index (κ2) is 16.0. The van der Waals surface area contributed by atoms with Crippen LogP contribution in [0.25, 0.3) is 12.2 Å². The summed E-state index contributed by atoms with van der Waals surface area (Å²) in [6, 6.07) is 6.91. The summed E-state index contributed by atoms with van der Waals surface area (Å²) in [5.74, 6) is 0.557. The van der Waals surface area contributed by atoms with E-state index < -0.39 is 11.9 Å². The molecule has 1 fully saturated rings. The van der Waals surface area contributed by atoms with Gasteiger partial charge in [0, 0.05) is 20.1 Å². The number of esters is 2. The number of rotatable bonds is 12. The summed E-state index contributed by atoms with van der Waals surface area (Å²) in [5, 5.41) is 0. The highest BCUT2D eigenvalue weighted by molar-refractivity contribution is 9.10. The third-order valence-corrected chi connectivity index (χ3v) is 7.50. The molecule has 0 unspecified atom stereocenters. The molecule has 0 aromatic heterocycles. The van der Waals surface area contributed by atoms with Crippen LogP contribution in [0.15, 0.2) is 44.4 Å². The molecule has 9 nitrogen and oxygen atoms in total. The van der Waals surface area contributed by atoms with Gasteiger partial charge in [-0.15, -0.1) is 0 Å². The van der Waals surface area contributed by atoms with Gasteiger partial charge in [0.05, 0.1) is 26.4 Å². The molecule has 0 saturated heterocycles. The third kappa shape index (κ3) is 9.86. The minimum atomic E-state index is -0.482. The van der Waals surface area contributed by atoms with Gasteiger partial charge in [-0.05, 0) is 94.5 Å². The summed E-state index contributed by atoms with van der Waals surface area (Å²) in [6.45, 7) is 6.55. The largest absolute Gasteiger partial charge is 0.493 e. The van der Waals surface area contributed by atoms with Gasteiger partial charge in [-0.25, -0.2) is 9.59 Å². The minimum Gasteiger partial charge on any atom is -0.493 e. The number of benzene rings is 2. The van der Waals surface area contributed by atoms with Crippen molar-refractivity contribution in [3.63, 3.8) is 0 Å². The molecule has 232 valence electrons. The topological polar surface area (TPSA) is 107 Å². The van der Waals surface area contributed by atoms with E-state index in [9.17, 15) is 14.4 Å². The van der Waals surface area contributed by atoms with Gasteiger partial charge in [-0.2, -0.15) is 0 Å². The Morgan fingerprint density at radius 1 is 0.721 bits per heavy atom. The highest BCUT2D eigenvalue weighted by Crippen LogP contribution is 2.38. The van der Waals surface area contributed by atoms with Crippen molar-refractivity contribution in [2.75, 3.05) is 27.4 Å². The molecule has 0 heterocycles. The Kier molecular flexibility index (Phi) is 12.7. The van der Waals surface area contributed by atoms with Crippen molar-refractivity contribution < 1.29 is 42.8 Å². The van der Waals surface area contributed by atoms with Crippen LogP contribution in [-0.2, 0) is 23.9 Å². The summed E-state index contributed by atoms with van der Waals surface area (Å²) in [7, 11) is 3.01. The molecule has 2 aromatic carbocycles. The molecule has 43 heavy (non-hydrogen) atoms. The van der Waals surface area contributed by atoms with Crippen molar-refractivity contribution in [1.82, 2.24) is 0 Å². The Balaban J connectivity index is 1.82.